The molecule has 0 unspecified atom stereocenters. The summed E-state index contributed by atoms with van der Waals surface area (Å²) in [6, 6.07) is 12.1. The zero-order valence-electron chi connectivity index (χ0n) is 14.4. The molecule has 0 atom stereocenters. The fourth-order valence-electron chi connectivity index (χ4n) is 2.06. The minimum Gasteiger partial charge on any atom is -0.368 e. The Morgan fingerprint density at radius 2 is 1.80 bits per heavy atom. The number of aromatic nitrogens is 1. The van der Waals surface area contributed by atoms with Crippen molar-refractivity contribution >= 4 is 23.4 Å². The van der Waals surface area contributed by atoms with Crippen molar-refractivity contribution in [3.8, 4) is 0 Å². The van der Waals surface area contributed by atoms with Gasteiger partial charge < -0.3 is 21.3 Å². The van der Waals surface area contributed by atoms with E-state index in [0.29, 0.717) is 24.3 Å². The van der Waals surface area contributed by atoms with Crippen LogP contribution in [0.25, 0.3) is 0 Å². The maximum atomic E-state index is 11.9. The van der Waals surface area contributed by atoms with Gasteiger partial charge in [0.15, 0.2) is 0 Å². The van der Waals surface area contributed by atoms with E-state index in [0.717, 1.165) is 5.82 Å². The van der Waals surface area contributed by atoms with Gasteiger partial charge in [-0.3, -0.25) is 4.79 Å². The fourth-order valence-corrected chi connectivity index (χ4v) is 2.06. The predicted octanol–water partition coefficient (Wildman–Crippen LogP) is 2.45. The second-order valence-electron chi connectivity index (χ2n) is 5.73. The van der Waals surface area contributed by atoms with Gasteiger partial charge in [-0.1, -0.05) is 6.07 Å². The first kappa shape index (κ1) is 18.3. The lowest BCUT2D eigenvalue weighted by Gasteiger charge is -2.10. The monoisotopic (exact) mass is 341 g/mol. The Morgan fingerprint density at radius 1 is 1.04 bits per heavy atom. The molecule has 0 aliphatic rings. The van der Waals surface area contributed by atoms with Crippen LogP contribution >= 0.6 is 0 Å². The molecule has 0 aliphatic carbocycles. The van der Waals surface area contributed by atoms with Crippen molar-refractivity contribution in [1.82, 2.24) is 15.6 Å². The van der Waals surface area contributed by atoms with Gasteiger partial charge in [0.1, 0.15) is 5.82 Å². The molecule has 0 saturated heterocycles. The number of carbonyl (C=O) groups excluding carboxylic acids is 2. The number of carbonyl (C=O) groups is 2. The lowest BCUT2D eigenvalue weighted by Crippen LogP contribution is -2.32. The van der Waals surface area contributed by atoms with E-state index in [1.54, 1.807) is 30.5 Å². The molecule has 0 radical (unpaired) electrons. The summed E-state index contributed by atoms with van der Waals surface area (Å²) in [7, 11) is 0. The average molecular weight is 341 g/mol. The Kier molecular flexibility index (Phi) is 6.76. The predicted molar refractivity (Wildman–Crippen MR) is 98.8 cm³/mol. The number of rotatable bonds is 7. The Balaban J connectivity index is 1.72. The standard InChI is InChI=1S/C18H23N5O2/c1-13(2)22-17(24)14-6-8-15(9-7-14)23-18(25)21-12-11-20-16-5-3-4-10-19-16/h3-10,13H,11-12H2,1-2H3,(H,19,20)(H,22,24)(H2,21,23,25). The van der Waals surface area contributed by atoms with Crippen LogP contribution in [0.4, 0.5) is 16.3 Å². The van der Waals surface area contributed by atoms with Gasteiger partial charge in [0.05, 0.1) is 0 Å². The second kappa shape index (κ2) is 9.27. The molecule has 0 fully saturated rings. The molecule has 1 heterocycles. The van der Waals surface area contributed by atoms with Crippen LogP contribution in [0.3, 0.4) is 0 Å². The molecule has 3 amide bonds. The molecule has 1 aromatic heterocycles. The molecule has 7 heteroatoms. The first-order chi connectivity index (χ1) is 12.0. The number of nitrogens with one attached hydrogen (secondary N) is 4. The summed E-state index contributed by atoms with van der Waals surface area (Å²) in [5, 5.41) is 11.4. The van der Waals surface area contributed by atoms with Gasteiger partial charge in [-0.05, 0) is 50.2 Å². The number of urea groups is 1. The largest absolute Gasteiger partial charge is 0.368 e. The van der Waals surface area contributed by atoms with Gasteiger partial charge in [-0.15, -0.1) is 0 Å². The molecule has 4 N–H and O–H groups in total. The minimum absolute atomic E-state index is 0.0794. The van der Waals surface area contributed by atoms with E-state index in [1.165, 1.54) is 0 Å². The Hall–Kier alpha value is -3.09. The molecule has 1 aromatic carbocycles. The topological polar surface area (TPSA) is 95.2 Å². The quantitative estimate of drug-likeness (QED) is 0.582. The van der Waals surface area contributed by atoms with Gasteiger partial charge >= 0.3 is 6.03 Å². The van der Waals surface area contributed by atoms with Crippen molar-refractivity contribution in [2.45, 2.75) is 19.9 Å². The lowest BCUT2D eigenvalue weighted by molar-refractivity contribution is 0.0943. The summed E-state index contributed by atoms with van der Waals surface area (Å²) in [4.78, 5) is 27.8. The van der Waals surface area contributed by atoms with Crippen molar-refractivity contribution in [3.05, 3.63) is 54.2 Å². The summed E-state index contributed by atoms with van der Waals surface area (Å²) in [6.07, 6.45) is 1.70. The van der Waals surface area contributed by atoms with Crippen molar-refractivity contribution < 1.29 is 9.59 Å². The average Bonchev–Trinajstić information content (AvgIpc) is 2.60. The summed E-state index contributed by atoms with van der Waals surface area (Å²) < 4.78 is 0. The molecule has 2 aromatic rings. The van der Waals surface area contributed by atoms with E-state index in [2.05, 4.69) is 26.3 Å². The van der Waals surface area contributed by atoms with Gasteiger partial charge in [-0.25, -0.2) is 9.78 Å². The highest BCUT2D eigenvalue weighted by Gasteiger charge is 2.07. The third-order valence-corrected chi connectivity index (χ3v) is 3.21. The third kappa shape index (κ3) is 6.50. The first-order valence-corrected chi connectivity index (χ1v) is 8.15. The van der Waals surface area contributed by atoms with Gasteiger partial charge in [0.25, 0.3) is 5.91 Å². The molecule has 0 bridgehead atoms. The van der Waals surface area contributed by atoms with Gasteiger partial charge in [-0.2, -0.15) is 0 Å². The molecule has 2 rings (SSSR count). The summed E-state index contributed by atoms with van der Waals surface area (Å²) >= 11 is 0. The number of amides is 3. The highest BCUT2D eigenvalue weighted by atomic mass is 16.2. The van der Waals surface area contributed by atoms with Crippen LogP contribution in [0.1, 0.15) is 24.2 Å². The molecule has 132 valence electrons. The Bertz CT molecular complexity index is 686. The summed E-state index contributed by atoms with van der Waals surface area (Å²) in [6.45, 7) is 4.83. The number of benzene rings is 1. The maximum absolute atomic E-state index is 11.9. The SMILES string of the molecule is CC(C)NC(=O)c1ccc(NC(=O)NCCNc2ccccn2)cc1. The molecule has 0 spiro atoms. The second-order valence-corrected chi connectivity index (χ2v) is 5.73. The van der Waals surface area contributed by atoms with E-state index in [-0.39, 0.29) is 18.0 Å². The van der Waals surface area contributed by atoms with Crippen molar-refractivity contribution in [1.29, 1.82) is 0 Å². The maximum Gasteiger partial charge on any atom is 0.319 e. The summed E-state index contributed by atoms with van der Waals surface area (Å²) in [5.74, 6) is 0.631. The molecule has 0 saturated carbocycles. The van der Waals surface area contributed by atoms with Crippen LogP contribution in [0.15, 0.2) is 48.7 Å². The highest BCUT2D eigenvalue weighted by molar-refractivity contribution is 5.95. The van der Waals surface area contributed by atoms with Crippen molar-refractivity contribution in [2.75, 3.05) is 23.7 Å². The van der Waals surface area contributed by atoms with Crippen LogP contribution in [0.2, 0.25) is 0 Å². The number of hydrogen-bond donors (Lipinski definition) is 4. The normalized spacial score (nSPS) is 10.2. The fraction of sp³-hybridized carbons (Fsp3) is 0.278. The van der Waals surface area contributed by atoms with E-state index in [1.807, 2.05) is 32.0 Å². The van der Waals surface area contributed by atoms with Gasteiger partial charge in [0, 0.05) is 36.6 Å². The van der Waals surface area contributed by atoms with Crippen LogP contribution in [-0.4, -0.2) is 36.1 Å². The Labute approximate surface area is 147 Å². The van der Waals surface area contributed by atoms with Crippen LogP contribution in [-0.2, 0) is 0 Å². The third-order valence-electron chi connectivity index (χ3n) is 3.21. The number of nitrogens with zero attached hydrogens (tertiary/aromatic N) is 1. The van der Waals surface area contributed by atoms with Crippen molar-refractivity contribution in [3.63, 3.8) is 0 Å². The van der Waals surface area contributed by atoms with E-state index < -0.39 is 0 Å². The molecular formula is C18H23N5O2. The van der Waals surface area contributed by atoms with Crippen LogP contribution in [0.5, 0.6) is 0 Å². The lowest BCUT2D eigenvalue weighted by atomic mass is 10.2. The Morgan fingerprint density at radius 3 is 2.44 bits per heavy atom. The number of hydrogen-bond acceptors (Lipinski definition) is 4. The number of anilines is 2. The van der Waals surface area contributed by atoms with Crippen LogP contribution < -0.4 is 21.3 Å². The van der Waals surface area contributed by atoms with Crippen LogP contribution in [0, 0.1) is 0 Å². The smallest absolute Gasteiger partial charge is 0.319 e. The van der Waals surface area contributed by atoms with Gasteiger partial charge in [0.2, 0.25) is 0 Å². The first-order valence-electron chi connectivity index (χ1n) is 8.15. The molecule has 0 aliphatic heterocycles. The van der Waals surface area contributed by atoms with E-state index in [4.69, 9.17) is 0 Å². The molecule has 25 heavy (non-hydrogen) atoms. The molecular weight excluding hydrogens is 318 g/mol. The van der Waals surface area contributed by atoms with Crippen molar-refractivity contribution in [2.24, 2.45) is 0 Å². The molecule has 7 nitrogen and oxygen atoms in total. The number of pyridine rings is 1. The summed E-state index contributed by atoms with van der Waals surface area (Å²) in [5.41, 5.74) is 1.18. The van der Waals surface area contributed by atoms with E-state index >= 15 is 0 Å². The zero-order chi connectivity index (χ0) is 18.1. The van der Waals surface area contributed by atoms with E-state index in [9.17, 15) is 9.59 Å². The minimum atomic E-state index is -0.304. The highest BCUT2D eigenvalue weighted by Crippen LogP contribution is 2.09. The zero-order valence-corrected chi connectivity index (χ0v) is 14.4.